The average molecular weight is 534 g/mol. The van der Waals surface area contributed by atoms with E-state index in [9.17, 15) is 14.4 Å². The molecule has 1 unspecified atom stereocenters. The maximum Gasteiger partial charge on any atom is 0.296 e. The molecule has 204 valence electrons. The molecule has 1 aromatic heterocycles. The number of hydrogen-bond donors (Lipinski definition) is 2. The molecule has 3 rings (SSSR count). The topological polar surface area (TPSA) is 127 Å². The number of thioether (sulfide) groups is 1. The van der Waals surface area contributed by atoms with Crippen molar-refractivity contribution in [2.45, 2.75) is 82.2 Å². The third-order valence-electron chi connectivity index (χ3n) is 6.35. The molecule has 0 spiro atoms. The third-order valence-corrected chi connectivity index (χ3v) is 7.19. The molecular weight excluding hydrogens is 494 g/mol. The van der Waals surface area contributed by atoms with Crippen LogP contribution in [0.1, 0.15) is 71.6 Å². The van der Waals surface area contributed by atoms with E-state index in [0.717, 1.165) is 25.9 Å². The predicted molar refractivity (Wildman–Crippen MR) is 140 cm³/mol. The molecule has 3 amide bonds. The summed E-state index contributed by atoms with van der Waals surface area (Å²) in [7, 11) is 0. The number of rotatable bonds is 9. The lowest BCUT2D eigenvalue weighted by molar-refractivity contribution is -0.135. The molecule has 37 heavy (non-hydrogen) atoms. The van der Waals surface area contributed by atoms with Gasteiger partial charge in [-0.3, -0.25) is 24.6 Å². The monoisotopic (exact) mass is 533 g/mol. The van der Waals surface area contributed by atoms with Gasteiger partial charge < -0.3 is 14.5 Å². The van der Waals surface area contributed by atoms with Gasteiger partial charge in [-0.2, -0.15) is 0 Å². The van der Waals surface area contributed by atoms with Crippen molar-refractivity contribution in [1.82, 2.24) is 25.7 Å². The minimum atomic E-state index is -0.722. The molecule has 10 nitrogen and oxygen atoms in total. The van der Waals surface area contributed by atoms with E-state index in [1.54, 1.807) is 0 Å². The Hall–Kier alpha value is -2.42. The normalized spacial score (nSPS) is 21.2. The average Bonchev–Trinajstić information content (AvgIpc) is 3.30. The van der Waals surface area contributed by atoms with E-state index in [0.29, 0.717) is 44.2 Å². The number of nitrogens with zero attached hydrogens (tertiary/aromatic N) is 3. The largest absolute Gasteiger partial charge is 0.415 e. The molecule has 1 aliphatic heterocycles. The summed E-state index contributed by atoms with van der Waals surface area (Å²) in [5, 5.41) is 14.3. The molecule has 2 fully saturated rings. The van der Waals surface area contributed by atoms with E-state index < -0.39 is 23.7 Å². The maximum atomic E-state index is 13.2. The highest BCUT2D eigenvalue weighted by Crippen LogP contribution is 2.29. The van der Waals surface area contributed by atoms with Gasteiger partial charge in [0, 0.05) is 24.4 Å². The quantitative estimate of drug-likeness (QED) is 0.363. The van der Waals surface area contributed by atoms with Crippen molar-refractivity contribution in [3.63, 3.8) is 0 Å². The van der Waals surface area contributed by atoms with E-state index in [-0.39, 0.29) is 29.0 Å². The van der Waals surface area contributed by atoms with Crippen LogP contribution in [0.15, 0.2) is 9.64 Å². The van der Waals surface area contributed by atoms with Gasteiger partial charge in [0.2, 0.25) is 17.7 Å². The Balaban J connectivity index is 1.60. The van der Waals surface area contributed by atoms with Gasteiger partial charge in [-0.15, -0.1) is 10.2 Å². The molecule has 2 heterocycles. The zero-order valence-electron chi connectivity index (χ0n) is 22.2. The SMILES string of the molecule is CC(C)CC(C(=O)NC(=O)[C@@H]1CCCC[C@@H]1NC(=O)C#CCN1CCOCC1)c1nnc(SC(C)C)o1. The Morgan fingerprint density at radius 1 is 1.11 bits per heavy atom. The second kappa shape index (κ2) is 14.5. The number of aromatic nitrogens is 2. The fourth-order valence-electron chi connectivity index (χ4n) is 4.52. The standard InChI is InChI=1S/C26H39N5O5S/c1-17(2)16-20(25-29-30-26(36-25)37-18(3)4)24(34)28-23(33)19-8-5-6-9-21(19)27-22(32)10-7-11-31-12-14-35-15-13-31/h17-21H,5-6,8-9,11-16H2,1-4H3,(H,27,32)(H,28,33,34)/t19-,20?,21+/m1/s1. The van der Waals surface area contributed by atoms with Crippen LogP contribution in [0.5, 0.6) is 0 Å². The molecule has 1 saturated heterocycles. The summed E-state index contributed by atoms with van der Waals surface area (Å²) in [4.78, 5) is 41.0. The van der Waals surface area contributed by atoms with E-state index in [1.165, 1.54) is 11.8 Å². The highest BCUT2D eigenvalue weighted by atomic mass is 32.2. The van der Waals surface area contributed by atoms with Gasteiger partial charge in [-0.05, 0) is 31.1 Å². The lowest BCUT2D eigenvalue weighted by Crippen LogP contribution is -2.50. The summed E-state index contributed by atoms with van der Waals surface area (Å²) in [6.07, 6.45) is 3.49. The molecule has 0 aromatic carbocycles. The second-order valence-corrected chi connectivity index (χ2v) is 11.8. The van der Waals surface area contributed by atoms with Gasteiger partial charge >= 0.3 is 0 Å². The van der Waals surface area contributed by atoms with Crippen LogP contribution >= 0.6 is 11.8 Å². The highest BCUT2D eigenvalue weighted by Gasteiger charge is 2.35. The first kappa shape index (κ1) is 29.1. The first-order chi connectivity index (χ1) is 17.7. The van der Waals surface area contributed by atoms with Crippen LogP contribution in [0, 0.1) is 23.7 Å². The number of amides is 3. The number of hydrogen-bond acceptors (Lipinski definition) is 9. The van der Waals surface area contributed by atoms with Crippen molar-refractivity contribution >= 4 is 29.5 Å². The molecule has 1 aromatic rings. The summed E-state index contributed by atoms with van der Waals surface area (Å²) < 4.78 is 11.1. The number of carbonyl (C=O) groups is 3. The van der Waals surface area contributed by atoms with Gasteiger partial charge in [-0.25, -0.2) is 0 Å². The Labute approximate surface area is 223 Å². The molecule has 11 heteroatoms. The lowest BCUT2D eigenvalue weighted by atomic mass is 9.83. The van der Waals surface area contributed by atoms with Crippen molar-refractivity contribution in [1.29, 1.82) is 0 Å². The van der Waals surface area contributed by atoms with Crippen molar-refractivity contribution in [3.8, 4) is 11.8 Å². The van der Waals surface area contributed by atoms with Crippen LogP contribution in [-0.2, 0) is 19.1 Å². The number of morpholine rings is 1. The molecular formula is C26H39N5O5S. The van der Waals surface area contributed by atoms with E-state index in [4.69, 9.17) is 9.15 Å². The van der Waals surface area contributed by atoms with Crippen molar-refractivity contribution < 1.29 is 23.5 Å². The van der Waals surface area contributed by atoms with Crippen LogP contribution in [-0.4, -0.2) is 77.0 Å². The third kappa shape index (κ3) is 9.43. The molecule has 0 radical (unpaired) electrons. The zero-order chi connectivity index (χ0) is 26.8. The van der Waals surface area contributed by atoms with Crippen LogP contribution < -0.4 is 10.6 Å². The van der Waals surface area contributed by atoms with E-state index in [2.05, 4.69) is 37.6 Å². The molecule has 1 aliphatic carbocycles. The Kier molecular flexibility index (Phi) is 11.4. The maximum absolute atomic E-state index is 13.2. The van der Waals surface area contributed by atoms with Crippen molar-refractivity contribution in [2.75, 3.05) is 32.8 Å². The summed E-state index contributed by atoms with van der Waals surface area (Å²) >= 11 is 1.42. The molecule has 2 N–H and O–H groups in total. The van der Waals surface area contributed by atoms with Crippen molar-refractivity contribution in [2.24, 2.45) is 11.8 Å². The number of imide groups is 1. The molecule has 3 atom stereocenters. The first-order valence-electron chi connectivity index (χ1n) is 13.2. The Bertz CT molecular complexity index is 979. The van der Waals surface area contributed by atoms with Crippen LogP contribution in [0.2, 0.25) is 0 Å². The van der Waals surface area contributed by atoms with Crippen LogP contribution in [0.4, 0.5) is 0 Å². The van der Waals surface area contributed by atoms with E-state index >= 15 is 0 Å². The minimum absolute atomic E-state index is 0.178. The van der Waals surface area contributed by atoms with Crippen LogP contribution in [0.3, 0.4) is 0 Å². The van der Waals surface area contributed by atoms with Crippen LogP contribution in [0.25, 0.3) is 0 Å². The van der Waals surface area contributed by atoms with Gasteiger partial charge in [0.05, 0.1) is 25.7 Å². The lowest BCUT2D eigenvalue weighted by Gasteiger charge is -2.30. The Morgan fingerprint density at radius 3 is 2.54 bits per heavy atom. The number of carbonyl (C=O) groups excluding carboxylic acids is 3. The summed E-state index contributed by atoms with van der Waals surface area (Å²) in [6.45, 7) is 11.5. The highest BCUT2D eigenvalue weighted by molar-refractivity contribution is 7.99. The van der Waals surface area contributed by atoms with Gasteiger partial charge in [-0.1, -0.05) is 58.2 Å². The number of nitrogens with one attached hydrogen (secondary N) is 2. The number of ether oxygens (including phenoxy) is 1. The fourth-order valence-corrected chi connectivity index (χ4v) is 5.14. The molecule has 0 bridgehead atoms. The minimum Gasteiger partial charge on any atom is -0.415 e. The molecule has 2 aliphatic rings. The van der Waals surface area contributed by atoms with Gasteiger partial charge in [0.1, 0.15) is 5.92 Å². The molecule has 1 saturated carbocycles. The second-order valence-electron chi connectivity index (χ2n) is 10.3. The Morgan fingerprint density at radius 2 is 1.84 bits per heavy atom. The summed E-state index contributed by atoms with van der Waals surface area (Å²) in [5.41, 5.74) is 0. The van der Waals surface area contributed by atoms with E-state index in [1.807, 2.05) is 27.7 Å². The smallest absolute Gasteiger partial charge is 0.296 e. The zero-order valence-corrected chi connectivity index (χ0v) is 23.1. The van der Waals surface area contributed by atoms with Crippen molar-refractivity contribution in [3.05, 3.63) is 5.89 Å². The van der Waals surface area contributed by atoms with Gasteiger partial charge in [0.25, 0.3) is 11.1 Å². The summed E-state index contributed by atoms with van der Waals surface area (Å²) in [5.74, 6) is 3.48. The summed E-state index contributed by atoms with van der Waals surface area (Å²) in [6, 6.07) is -0.368. The predicted octanol–water partition coefficient (Wildman–Crippen LogP) is 2.35. The fraction of sp³-hybridized carbons (Fsp3) is 0.731. The van der Waals surface area contributed by atoms with Gasteiger partial charge in [0.15, 0.2) is 0 Å². The first-order valence-corrected chi connectivity index (χ1v) is 14.0.